The zero-order chi connectivity index (χ0) is 9.97. The molecule has 1 radical (unpaired) electrons. The summed E-state index contributed by atoms with van der Waals surface area (Å²) in [5, 5.41) is 0. The van der Waals surface area contributed by atoms with Crippen LogP contribution in [0.1, 0.15) is 5.56 Å². The smallest absolute Gasteiger partial charge is 0.159 e. The number of aromatic nitrogens is 2. The minimum atomic E-state index is -0.338. The van der Waals surface area contributed by atoms with Crippen LogP contribution in [0.15, 0.2) is 36.7 Å². The van der Waals surface area contributed by atoms with Crippen LogP contribution in [0.3, 0.4) is 0 Å². The van der Waals surface area contributed by atoms with E-state index in [1.54, 1.807) is 30.6 Å². The summed E-state index contributed by atoms with van der Waals surface area (Å²) >= 11 is 0. The molecule has 0 aliphatic carbocycles. The molecule has 0 saturated carbocycles. The van der Waals surface area contributed by atoms with Crippen molar-refractivity contribution in [3.8, 4) is 11.4 Å². The Hall–Kier alpha value is -1.77. The zero-order valence-corrected chi connectivity index (χ0v) is 7.44. The van der Waals surface area contributed by atoms with Gasteiger partial charge in [-0.1, -0.05) is 12.1 Å². The van der Waals surface area contributed by atoms with Crippen molar-refractivity contribution >= 4 is 0 Å². The van der Waals surface area contributed by atoms with Gasteiger partial charge in [0.25, 0.3) is 0 Å². The van der Waals surface area contributed by atoms with Crippen LogP contribution >= 0.6 is 0 Å². The SMILES string of the molecule is [CH2]c1ccc(-c2ncccn2)cc1F. The van der Waals surface area contributed by atoms with Gasteiger partial charge in [0.15, 0.2) is 5.82 Å². The van der Waals surface area contributed by atoms with Crippen LogP contribution in [0.5, 0.6) is 0 Å². The third-order valence-electron chi connectivity index (χ3n) is 1.88. The van der Waals surface area contributed by atoms with Gasteiger partial charge in [0.1, 0.15) is 5.82 Å². The van der Waals surface area contributed by atoms with Crippen molar-refractivity contribution in [1.82, 2.24) is 9.97 Å². The molecule has 14 heavy (non-hydrogen) atoms. The van der Waals surface area contributed by atoms with E-state index >= 15 is 0 Å². The summed E-state index contributed by atoms with van der Waals surface area (Å²) < 4.78 is 13.1. The van der Waals surface area contributed by atoms with Crippen LogP contribution in [-0.2, 0) is 0 Å². The van der Waals surface area contributed by atoms with Crippen LogP contribution in [0.25, 0.3) is 11.4 Å². The molecule has 0 spiro atoms. The highest BCUT2D eigenvalue weighted by Gasteiger charge is 2.02. The molecule has 0 bridgehead atoms. The average molecular weight is 187 g/mol. The first kappa shape index (κ1) is 8.81. The van der Waals surface area contributed by atoms with Crippen molar-refractivity contribution in [3.05, 3.63) is 55.0 Å². The van der Waals surface area contributed by atoms with Gasteiger partial charge in [-0.05, 0) is 24.6 Å². The Morgan fingerprint density at radius 3 is 2.50 bits per heavy atom. The third-order valence-corrected chi connectivity index (χ3v) is 1.88. The monoisotopic (exact) mass is 187 g/mol. The molecule has 0 aliphatic heterocycles. The maximum Gasteiger partial charge on any atom is 0.159 e. The molecule has 0 amide bonds. The summed E-state index contributed by atoms with van der Waals surface area (Å²) in [4.78, 5) is 8.04. The molecule has 0 aliphatic rings. The second kappa shape index (κ2) is 3.54. The van der Waals surface area contributed by atoms with Gasteiger partial charge < -0.3 is 0 Å². The molecule has 3 heteroatoms. The van der Waals surface area contributed by atoms with Gasteiger partial charge in [0.05, 0.1) is 0 Å². The van der Waals surface area contributed by atoms with Crippen LogP contribution in [0.2, 0.25) is 0 Å². The second-order valence-corrected chi connectivity index (χ2v) is 2.88. The minimum Gasteiger partial charge on any atom is -0.237 e. The van der Waals surface area contributed by atoms with Crippen molar-refractivity contribution in [1.29, 1.82) is 0 Å². The van der Waals surface area contributed by atoms with E-state index in [-0.39, 0.29) is 5.82 Å². The summed E-state index contributed by atoms with van der Waals surface area (Å²) in [7, 11) is 0. The third kappa shape index (κ3) is 1.62. The van der Waals surface area contributed by atoms with Gasteiger partial charge in [-0.25, -0.2) is 14.4 Å². The lowest BCUT2D eigenvalue weighted by molar-refractivity contribution is 0.623. The molecular formula is C11H8FN2. The van der Waals surface area contributed by atoms with E-state index in [4.69, 9.17) is 0 Å². The lowest BCUT2D eigenvalue weighted by Gasteiger charge is -2.00. The summed E-state index contributed by atoms with van der Waals surface area (Å²) in [6.45, 7) is 3.54. The van der Waals surface area contributed by atoms with Gasteiger partial charge in [0.2, 0.25) is 0 Å². The Labute approximate surface area is 81.5 Å². The molecule has 2 aromatic rings. The lowest BCUT2D eigenvalue weighted by Crippen LogP contribution is -1.89. The average Bonchev–Trinajstić information content (AvgIpc) is 2.23. The van der Waals surface area contributed by atoms with Crippen molar-refractivity contribution in [3.63, 3.8) is 0 Å². The van der Waals surface area contributed by atoms with E-state index in [0.29, 0.717) is 17.0 Å². The topological polar surface area (TPSA) is 25.8 Å². The summed E-state index contributed by atoms with van der Waals surface area (Å²) in [6.07, 6.45) is 3.25. The highest BCUT2D eigenvalue weighted by molar-refractivity contribution is 5.55. The molecule has 0 unspecified atom stereocenters. The molecule has 1 aromatic carbocycles. The lowest BCUT2D eigenvalue weighted by atomic mass is 10.1. The van der Waals surface area contributed by atoms with Crippen LogP contribution in [0.4, 0.5) is 4.39 Å². The van der Waals surface area contributed by atoms with E-state index in [9.17, 15) is 4.39 Å². The fraction of sp³-hybridized carbons (Fsp3) is 0. The number of rotatable bonds is 1. The standard InChI is InChI=1S/C11H8FN2/c1-8-3-4-9(7-10(8)12)11-13-5-2-6-14-11/h2-7H,1H2. The first-order chi connectivity index (χ1) is 6.77. The van der Waals surface area contributed by atoms with E-state index in [2.05, 4.69) is 16.9 Å². The molecule has 2 rings (SSSR count). The Bertz CT molecular complexity index is 440. The molecule has 1 heterocycles. The highest BCUT2D eigenvalue weighted by atomic mass is 19.1. The van der Waals surface area contributed by atoms with Gasteiger partial charge in [-0.3, -0.25) is 0 Å². The number of hydrogen-bond acceptors (Lipinski definition) is 2. The van der Waals surface area contributed by atoms with Crippen LogP contribution in [0, 0.1) is 12.7 Å². The van der Waals surface area contributed by atoms with E-state index < -0.39 is 0 Å². The predicted octanol–water partition coefficient (Wildman–Crippen LogP) is 2.46. The fourth-order valence-electron chi connectivity index (χ4n) is 1.13. The highest BCUT2D eigenvalue weighted by Crippen LogP contribution is 2.17. The number of hydrogen-bond donors (Lipinski definition) is 0. The molecular weight excluding hydrogens is 179 g/mol. The quantitative estimate of drug-likeness (QED) is 0.685. The van der Waals surface area contributed by atoms with Crippen molar-refractivity contribution in [2.24, 2.45) is 0 Å². The second-order valence-electron chi connectivity index (χ2n) is 2.88. The van der Waals surface area contributed by atoms with Gasteiger partial charge in [-0.2, -0.15) is 0 Å². The van der Waals surface area contributed by atoms with Gasteiger partial charge in [-0.15, -0.1) is 0 Å². The van der Waals surface area contributed by atoms with E-state index in [1.165, 1.54) is 6.07 Å². The number of nitrogens with zero attached hydrogens (tertiary/aromatic N) is 2. The van der Waals surface area contributed by atoms with E-state index in [0.717, 1.165) is 0 Å². The van der Waals surface area contributed by atoms with Crippen molar-refractivity contribution in [2.75, 3.05) is 0 Å². The molecule has 0 fully saturated rings. The summed E-state index contributed by atoms with van der Waals surface area (Å²) in [5.41, 5.74) is 1.04. The molecule has 0 N–H and O–H groups in total. The molecule has 69 valence electrons. The summed E-state index contributed by atoms with van der Waals surface area (Å²) in [6, 6.07) is 6.47. The minimum absolute atomic E-state index is 0.338. The van der Waals surface area contributed by atoms with Gasteiger partial charge >= 0.3 is 0 Å². The number of halogens is 1. The normalized spacial score (nSPS) is 10.1. The largest absolute Gasteiger partial charge is 0.237 e. The molecule has 1 aromatic heterocycles. The van der Waals surface area contributed by atoms with Crippen molar-refractivity contribution < 1.29 is 4.39 Å². The zero-order valence-electron chi connectivity index (χ0n) is 7.44. The molecule has 0 saturated heterocycles. The van der Waals surface area contributed by atoms with Crippen LogP contribution in [-0.4, -0.2) is 9.97 Å². The Kier molecular flexibility index (Phi) is 2.23. The summed E-state index contributed by atoms with van der Waals surface area (Å²) in [5.74, 6) is 0.182. The number of benzene rings is 1. The first-order valence-corrected chi connectivity index (χ1v) is 4.16. The Morgan fingerprint density at radius 2 is 1.86 bits per heavy atom. The van der Waals surface area contributed by atoms with E-state index in [1.807, 2.05) is 0 Å². The fourth-order valence-corrected chi connectivity index (χ4v) is 1.13. The molecule has 0 atom stereocenters. The van der Waals surface area contributed by atoms with Crippen LogP contribution < -0.4 is 0 Å². The predicted molar refractivity (Wildman–Crippen MR) is 51.9 cm³/mol. The van der Waals surface area contributed by atoms with Gasteiger partial charge in [0, 0.05) is 18.0 Å². The Balaban J connectivity index is 2.48. The first-order valence-electron chi connectivity index (χ1n) is 4.16. The molecule has 2 nitrogen and oxygen atoms in total. The van der Waals surface area contributed by atoms with Crippen molar-refractivity contribution in [2.45, 2.75) is 0 Å². The maximum absolute atomic E-state index is 13.1. The Morgan fingerprint density at radius 1 is 1.14 bits per heavy atom. The maximum atomic E-state index is 13.1.